The molecule has 0 bridgehead atoms. The van der Waals surface area contributed by atoms with Crippen LogP contribution in [0.1, 0.15) is 16.7 Å². The van der Waals surface area contributed by atoms with Gasteiger partial charge in [0.2, 0.25) is 0 Å². The van der Waals surface area contributed by atoms with Crippen molar-refractivity contribution < 1.29 is 24.5 Å². The number of carboxylic acids is 1. The van der Waals surface area contributed by atoms with Crippen LogP contribution in [0.4, 0.5) is 0 Å². The molecular formula is C14H19NO5. The molecule has 6 heteroatoms. The maximum absolute atomic E-state index is 11.6. The minimum Gasteiger partial charge on any atom is -0.483 e. The monoisotopic (exact) mass is 281 g/mol. The van der Waals surface area contributed by atoms with Crippen LogP contribution in [0.2, 0.25) is 0 Å². The van der Waals surface area contributed by atoms with Crippen molar-refractivity contribution >= 4 is 11.9 Å². The molecule has 0 saturated carbocycles. The fraction of sp³-hybridized carbons (Fsp3) is 0.429. The van der Waals surface area contributed by atoms with E-state index in [1.807, 2.05) is 32.9 Å². The van der Waals surface area contributed by atoms with Crippen LogP contribution in [-0.2, 0) is 9.59 Å². The summed E-state index contributed by atoms with van der Waals surface area (Å²) < 4.78 is 5.42. The summed E-state index contributed by atoms with van der Waals surface area (Å²) in [5.41, 5.74) is 2.92. The minimum absolute atomic E-state index is 0.297. The molecule has 0 radical (unpaired) electrons. The quantitative estimate of drug-likeness (QED) is 0.708. The van der Waals surface area contributed by atoms with E-state index in [4.69, 9.17) is 14.9 Å². The topological polar surface area (TPSA) is 95.9 Å². The zero-order valence-corrected chi connectivity index (χ0v) is 11.8. The first-order valence-electron chi connectivity index (χ1n) is 6.18. The summed E-state index contributed by atoms with van der Waals surface area (Å²) in [6, 6.07) is 2.56. The highest BCUT2D eigenvalue weighted by atomic mass is 16.5. The largest absolute Gasteiger partial charge is 0.483 e. The molecular weight excluding hydrogens is 262 g/mol. The number of aliphatic hydroxyl groups excluding tert-OH is 1. The second-order valence-corrected chi connectivity index (χ2v) is 4.66. The van der Waals surface area contributed by atoms with E-state index >= 15 is 0 Å². The number of hydrogen-bond donors (Lipinski definition) is 3. The maximum atomic E-state index is 11.6. The van der Waals surface area contributed by atoms with Crippen molar-refractivity contribution in [3.05, 3.63) is 28.8 Å². The number of aliphatic hydroxyl groups is 1. The number of ether oxygens (including phenoxy) is 1. The molecule has 3 N–H and O–H groups in total. The van der Waals surface area contributed by atoms with Crippen molar-refractivity contribution in [2.24, 2.45) is 0 Å². The number of benzene rings is 1. The molecule has 110 valence electrons. The molecule has 0 heterocycles. The van der Waals surface area contributed by atoms with Gasteiger partial charge < -0.3 is 20.3 Å². The van der Waals surface area contributed by atoms with Crippen LogP contribution in [0.25, 0.3) is 0 Å². The van der Waals surface area contributed by atoms with Gasteiger partial charge in [-0.05, 0) is 31.9 Å². The molecule has 0 fully saturated rings. The Morgan fingerprint density at radius 2 is 1.80 bits per heavy atom. The van der Waals surface area contributed by atoms with Gasteiger partial charge in [-0.2, -0.15) is 0 Å². The van der Waals surface area contributed by atoms with E-state index in [0.717, 1.165) is 16.7 Å². The van der Waals surface area contributed by atoms with Crippen LogP contribution in [0, 0.1) is 20.8 Å². The average molecular weight is 281 g/mol. The lowest BCUT2D eigenvalue weighted by Crippen LogP contribution is -2.45. The van der Waals surface area contributed by atoms with Crippen molar-refractivity contribution in [3.63, 3.8) is 0 Å². The molecule has 0 saturated heterocycles. The third-order valence-corrected chi connectivity index (χ3v) is 2.77. The number of amides is 1. The van der Waals surface area contributed by atoms with Crippen LogP contribution in [0.3, 0.4) is 0 Å². The SMILES string of the molecule is Cc1cc(C)c(OCC(=O)N[C@@H](CO)C(=O)O)c(C)c1. The third kappa shape index (κ3) is 4.24. The van der Waals surface area contributed by atoms with Gasteiger partial charge in [-0.25, -0.2) is 4.79 Å². The normalized spacial score (nSPS) is 11.8. The van der Waals surface area contributed by atoms with Gasteiger partial charge in [0.1, 0.15) is 11.8 Å². The van der Waals surface area contributed by atoms with Crippen LogP contribution in [0.15, 0.2) is 12.1 Å². The molecule has 1 aromatic carbocycles. The Hall–Kier alpha value is -2.08. The summed E-state index contributed by atoms with van der Waals surface area (Å²) >= 11 is 0. The summed E-state index contributed by atoms with van der Waals surface area (Å²) in [5, 5.41) is 19.7. The van der Waals surface area contributed by atoms with Crippen LogP contribution >= 0.6 is 0 Å². The predicted octanol–water partition coefficient (Wildman–Crippen LogP) is 0.552. The number of carboxylic acid groups (broad SMARTS) is 1. The van der Waals surface area contributed by atoms with Crippen LogP contribution in [0.5, 0.6) is 5.75 Å². The summed E-state index contributed by atoms with van der Waals surface area (Å²) in [4.78, 5) is 22.2. The molecule has 6 nitrogen and oxygen atoms in total. The molecule has 0 unspecified atom stereocenters. The van der Waals surface area contributed by atoms with E-state index in [0.29, 0.717) is 5.75 Å². The lowest BCUT2D eigenvalue weighted by Gasteiger charge is -2.15. The molecule has 1 aromatic rings. The van der Waals surface area contributed by atoms with E-state index in [-0.39, 0.29) is 6.61 Å². The van der Waals surface area contributed by atoms with E-state index in [1.54, 1.807) is 0 Å². The van der Waals surface area contributed by atoms with Gasteiger partial charge in [-0.3, -0.25) is 4.79 Å². The number of aryl methyl sites for hydroxylation is 3. The zero-order chi connectivity index (χ0) is 15.3. The van der Waals surface area contributed by atoms with Crippen LogP contribution < -0.4 is 10.1 Å². The second-order valence-electron chi connectivity index (χ2n) is 4.66. The first kappa shape index (κ1) is 16.0. The summed E-state index contributed by atoms with van der Waals surface area (Å²) in [6.07, 6.45) is 0. The Bertz CT molecular complexity index is 489. The first-order chi connectivity index (χ1) is 9.35. The average Bonchev–Trinajstić information content (AvgIpc) is 2.34. The van der Waals surface area contributed by atoms with Crippen molar-refractivity contribution in [3.8, 4) is 5.75 Å². The highest BCUT2D eigenvalue weighted by Gasteiger charge is 2.19. The highest BCUT2D eigenvalue weighted by molar-refractivity contribution is 5.84. The van der Waals surface area contributed by atoms with E-state index < -0.39 is 24.5 Å². The third-order valence-electron chi connectivity index (χ3n) is 2.77. The van der Waals surface area contributed by atoms with Gasteiger partial charge in [0.05, 0.1) is 6.61 Å². The lowest BCUT2D eigenvalue weighted by atomic mass is 10.1. The van der Waals surface area contributed by atoms with Crippen LogP contribution in [-0.4, -0.2) is 41.3 Å². The predicted molar refractivity (Wildman–Crippen MR) is 72.8 cm³/mol. The fourth-order valence-electron chi connectivity index (χ4n) is 1.95. The molecule has 20 heavy (non-hydrogen) atoms. The van der Waals surface area contributed by atoms with Crippen molar-refractivity contribution in [2.75, 3.05) is 13.2 Å². The molecule has 1 amide bonds. The molecule has 0 aromatic heterocycles. The Kier molecular flexibility index (Phi) is 5.52. The second kappa shape index (κ2) is 6.91. The number of hydrogen-bond acceptors (Lipinski definition) is 4. The van der Waals surface area contributed by atoms with E-state index in [9.17, 15) is 9.59 Å². The Morgan fingerprint density at radius 3 is 2.25 bits per heavy atom. The van der Waals surface area contributed by atoms with Crippen molar-refractivity contribution in [1.29, 1.82) is 0 Å². The molecule has 1 atom stereocenters. The van der Waals surface area contributed by atoms with Gasteiger partial charge in [0, 0.05) is 0 Å². The molecule has 0 spiro atoms. The van der Waals surface area contributed by atoms with E-state index in [2.05, 4.69) is 5.32 Å². The zero-order valence-electron chi connectivity index (χ0n) is 11.8. The molecule has 0 aliphatic rings. The minimum atomic E-state index is -1.31. The van der Waals surface area contributed by atoms with Crippen molar-refractivity contribution in [2.45, 2.75) is 26.8 Å². The van der Waals surface area contributed by atoms with Gasteiger partial charge in [-0.1, -0.05) is 17.7 Å². The van der Waals surface area contributed by atoms with Gasteiger partial charge in [0.25, 0.3) is 5.91 Å². The number of carbonyl (C=O) groups excluding carboxylic acids is 1. The lowest BCUT2D eigenvalue weighted by molar-refractivity contribution is -0.143. The van der Waals surface area contributed by atoms with Gasteiger partial charge in [0.15, 0.2) is 6.61 Å². The maximum Gasteiger partial charge on any atom is 0.328 e. The number of aliphatic carboxylic acids is 1. The fourth-order valence-corrected chi connectivity index (χ4v) is 1.95. The smallest absolute Gasteiger partial charge is 0.328 e. The molecule has 0 aliphatic heterocycles. The number of nitrogens with one attached hydrogen (secondary N) is 1. The van der Waals surface area contributed by atoms with Gasteiger partial charge in [-0.15, -0.1) is 0 Å². The summed E-state index contributed by atoms with van der Waals surface area (Å²) in [6.45, 7) is 4.76. The Balaban J connectivity index is 2.64. The van der Waals surface area contributed by atoms with Crippen molar-refractivity contribution in [1.82, 2.24) is 5.32 Å². The highest BCUT2D eigenvalue weighted by Crippen LogP contribution is 2.24. The Labute approximate surface area is 117 Å². The van der Waals surface area contributed by atoms with E-state index in [1.165, 1.54) is 0 Å². The number of rotatable bonds is 6. The summed E-state index contributed by atoms with van der Waals surface area (Å²) in [7, 11) is 0. The molecule has 1 rings (SSSR count). The van der Waals surface area contributed by atoms with Gasteiger partial charge >= 0.3 is 5.97 Å². The Morgan fingerprint density at radius 1 is 1.25 bits per heavy atom. The standard InChI is InChI=1S/C14H19NO5/c1-8-4-9(2)13(10(3)5-8)20-7-12(17)15-11(6-16)14(18)19/h4-5,11,16H,6-7H2,1-3H3,(H,15,17)(H,18,19)/t11-/m0/s1. The molecule has 0 aliphatic carbocycles. The summed E-state index contributed by atoms with van der Waals surface area (Å²) in [5.74, 6) is -1.27. The number of carbonyl (C=O) groups is 2. The first-order valence-corrected chi connectivity index (χ1v) is 6.18.